The topological polar surface area (TPSA) is 72.2 Å². The standard InChI is InChI=1S/C19H17N2O2PS/c1-24(23)12-13-4-6-14(7-5-13)19(22)21-17-11-15(8-9-16(17)20)18-3-2-10-25-18/h2-11H,1,12,20H2,(H,21,22). The smallest absolute Gasteiger partial charge is 0.255 e. The molecule has 0 aliphatic heterocycles. The monoisotopic (exact) mass is 368 g/mol. The van der Waals surface area contributed by atoms with E-state index >= 15 is 0 Å². The molecular formula is C19H17N2O2PS. The molecular weight excluding hydrogens is 351 g/mol. The molecule has 6 heteroatoms. The van der Waals surface area contributed by atoms with Crippen LogP contribution in [0, 0.1) is 0 Å². The van der Waals surface area contributed by atoms with Crippen LogP contribution in [0.4, 0.5) is 11.4 Å². The third kappa shape index (κ3) is 4.27. The van der Waals surface area contributed by atoms with Gasteiger partial charge in [0, 0.05) is 16.6 Å². The lowest BCUT2D eigenvalue weighted by Crippen LogP contribution is -2.13. The number of hydrogen-bond donors (Lipinski definition) is 2. The molecule has 2 aromatic carbocycles. The quantitative estimate of drug-likeness (QED) is 0.491. The fraction of sp³-hybridized carbons (Fsp3) is 0.0526. The van der Waals surface area contributed by atoms with Crippen molar-refractivity contribution in [2.75, 3.05) is 11.1 Å². The summed E-state index contributed by atoms with van der Waals surface area (Å²) in [5, 5.41) is 4.86. The number of nitrogen functional groups attached to an aromatic ring is 1. The second kappa shape index (κ2) is 7.51. The van der Waals surface area contributed by atoms with Gasteiger partial charge in [-0.3, -0.25) is 9.36 Å². The van der Waals surface area contributed by atoms with Crippen molar-refractivity contribution in [3.05, 3.63) is 71.1 Å². The average Bonchev–Trinajstić information content (AvgIpc) is 3.11. The van der Waals surface area contributed by atoms with Gasteiger partial charge in [-0.15, -0.1) is 11.3 Å². The van der Waals surface area contributed by atoms with Crippen LogP contribution in [0.2, 0.25) is 0 Å². The van der Waals surface area contributed by atoms with E-state index in [1.807, 2.05) is 29.6 Å². The Bertz CT molecular complexity index is 954. The number of nitrogens with two attached hydrogens (primary N) is 1. The van der Waals surface area contributed by atoms with Crippen molar-refractivity contribution in [1.82, 2.24) is 0 Å². The zero-order valence-corrected chi connectivity index (χ0v) is 15.1. The first kappa shape index (κ1) is 17.2. The number of thiophene rings is 1. The van der Waals surface area contributed by atoms with Crippen LogP contribution >= 0.6 is 18.8 Å². The van der Waals surface area contributed by atoms with Gasteiger partial charge in [0.2, 0.25) is 0 Å². The summed E-state index contributed by atoms with van der Waals surface area (Å²) < 4.78 is 11.2. The molecule has 1 aromatic heterocycles. The first-order valence-corrected chi connectivity index (χ1v) is 10.1. The van der Waals surface area contributed by atoms with Gasteiger partial charge in [-0.1, -0.05) is 24.3 Å². The number of benzene rings is 2. The number of nitrogens with one attached hydrogen (secondary N) is 1. The molecule has 1 heterocycles. The molecule has 0 spiro atoms. The van der Waals surface area contributed by atoms with Gasteiger partial charge in [0.15, 0.2) is 0 Å². The summed E-state index contributed by atoms with van der Waals surface area (Å²) in [6, 6.07) is 16.6. The minimum Gasteiger partial charge on any atom is -0.397 e. The Balaban J connectivity index is 1.79. The summed E-state index contributed by atoms with van der Waals surface area (Å²) in [7, 11) is -1.48. The Kier molecular flexibility index (Phi) is 5.17. The van der Waals surface area contributed by atoms with Crippen LogP contribution in [0.5, 0.6) is 0 Å². The molecule has 1 amide bonds. The van der Waals surface area contributed by atoms with Gasteiger partial charge in [0.1, 0.15) is 0 Å². The first-order chi connectivity index (χ1) is 12.0. The van der Waals surface area contributed by atoms with E-state index in [2.05, 4.69) is 11.6 Å². The van der Waals surface area contributed by atoms with Gasteiger partial charge in [-0.05, 0) is 53.1 Å². The Labute approximate surface area is 150 Å². The van der Waals surface area contributed by atoms with Crippen LogP contribution in [0.15, 0.2) is 60.0 Å². The third-order valence-electron chi connectivity index (χ3n) is 3.68. The van der Waals surface area contributed by atoms with Crippen LogP contribution in [0.25, 0.3) is 10.4 Å². The van der Waals surface area contributed by atoms with E-state index in [9.17, 15) is 9.36 Å². The van der Waals surface area contributed by atoms with E-state index in [4.69, 9.17) is 5.73 Å². The molecule has 4 nitrogen and oxygen atoms in total. The van der Waals surface area contributed by atoms with Crippen molar-refractivity contribution in [2.24, 2.45) is 0 Å². The summed E-state index contributed by atoms with van der Waals surface area (Å²) in [4.78, 5) is 13.6. The van der Waals surface area contributed by atoms with E-state index in [-0.39, 0.29) is 5.91 Å². The number of rotatable bonds is 5. The van der Waals surface area contributed by atoms with E-state index in [1.54, 1.807) is 41.7 Å². The molecule has 3 N–H and O–H groups in total. The van der Waals surface area contributed by atoms with Crippen molar-refractivity contribution in [3.8, 4) is 10.4 Å². The summed E-state index contributed by atoms with van der Waals surface area (Å²) >= 11 is 1.63. The summed E-state index contributed by atoms with van der Waals surface area (Å²) in [5.74, 6) is -0.236. The van der Waals surface area contributed by atoms with Gasteiger partial charge in [-0.2, -0.15) is 0 Å². The number of amides is 1. The molecule has 0 radical (unpaired) electrons. The van der Waals surface area contributed by atoms with Crippen LogP contribution in [0.3, 0.4) is 0 Å². The van der Waals surface area contributed by atoms with E-state index in [1.165, 1.54) is 0 Å². The zero-order valence-electron chi connectivity index (χ0n) is 13.4. The second-order valence-corrected chi connectivity index (χ2v) is 7.80. The number of anilines is 2. The van der Waals surface area contributed by atoms with Crippen molar-refractivity contribution in [2.45, 2.75) is 6.16 Å². The highest BCUT2D eigenvalue weighted by Crippen LogP contribution is 2.30. The average molecular weight is 368 g/mol. The lowest BCUT2D eigenvalue weighted by atomic mass is 10.1. The van der Waals surface area contributed by atoms with E-state index in [0.717, 1.165) is 16.0 Å². The minimum absolute atomic E-state index is 0.236. The van der Waals surface area contributed by atoms with Gasteiger partial charge in [0.05, 0.1) is 18.8 Å². The van der Waals surface area contributed by atoms with E-state index < -0.39 is 7.42 Å². The van der Waals surface area contributed by atoms with Gasteiger partial charge < -0.3 is 11.1 Å². The minimum atomic E-state index is -1.48. The molecule has 0 aliphatic carbocycles. The number of carbonyl (C=O) groups excluding carboxylic acids is 1. The SMILES string of the molecule is C=P(=O)Cc1ccc(C(=O)Nc2cc(-c3cccs3)ccc2N)cc1. The largest absolute Gasteiger partial charge is 0.397 e. The van der Waals surface area contributed by atoms with Crippen LogP contribution < -0.4 is 11.1 Å². The Morgan fingerprint density at radius 3 is 2.56 bits per heavy atom. The van der Waals surface area contributed by atoms with Gasteiger partial charge in [0.25, 0.3) is 5.91 Å². The molecule has 0 saturated carbocycles. The number of carbonyl (C=O) groups is 1. The van der Waals surface area contributed by atoms with Crippen LogP contribution in [-0.4, -0.2) is 12.2 Å². The normalized spacial score (nSPS) is 11.1. The van der Waals surface area contributed by atoms with Crippen LogP contribution in [0.1, 0.15) is 15.9 Å². The second-order valence-electron chi connectivity index (χ2n) is 5.57. The maximum atomic E-state index is 12.5. The van der Waals surface area contributed by atoms with Crippen LogP contribution in [-0.2, 0) is 10.7 Å². The summed E-state index contributed by atoms with van der Waals surface area (Å²) in [6.07, 6.45) is 3.91. The molecule has 3 aromatic rings. The first-order valence-electron chi connectivity index (χ1n) is 7.62. The highest BCUT2D eigenvalue weighted by atomic mass is 32.1. The highest BCUT2D eigenvalue weighted by Gasteiger charge is 2.10. The molecule has 126 valence electrons. The molecule has 0 bridgehead atoms. The maximum Gasteiger partial charge on any atom is 0.255 e. The van der Waals surface area contributed by atoms with E-state index in [0.29, 0.717) is 23.1 Å². The molecule has 25 heavy (non-hydrogen) atoms. The van der Waals surface area contributed by atoms with Crippen molar-refractivity contribution in [1.29, 1.82) is 0 Å². The fourth-order valence-corrected chi connectivity index (χ4v) is 3.76. The highest BCUT2D eigenvalue weighted by molar-refractivity contribution is 7.42. The number of hydrogen-bond acceptors (Lipinski definition) is 4. The summed E-state index contributed by atoms with van der Waals surface area (Å²) in [5.41, 5.74) is 9.52. The van der Waals surface area contributed by atoms with Crippen molar-refractivity contribution < 1.29 is 9.36 Å². The molecule has 1 unspecified atom stereocenters. The zero-order chi connectivity index (χ0) is 17.8. The van der Waals surface area contributed by atoms with Crippen molar-refractivity contribution in [3.63, 3.8) is 0 Å². The Morgan fingerprint density at radius 2 is 1.92 bits per heavy atom. The van der Waals surface area contributed by atoms with Gasteiger partial charge in [-0.25, -0.2) is 0 Å². The van der Waals surface area contributed by atoms with Gasteiger partial charge >= 0.3 is 0 Å². The molecule has 1 atom stereocenters. The molecule has 3 rings (SSSR count). The third-order valence-corrected chi connectivity index (χ3v) is 5.32. The van der Waals surface area contributed by atoms with Crippen molar-refractivity contribution >= 4 is 42.3 Å². The maximum absolute atomic E-state index is 12.5. The fourth-order valence-electron chi connectivity index (χ4n) is 2.42. The summed E-state index contributed by atoms with van der Waals surface area (Å²) in [6.45, 7) is 0. The Hall–Kier alpha value is -2.62. The lowest BCUT2D eigenvalue weighted by Gasteiger charge is -2.10. The molecule has 0 saturated heterocycles. The predicted octanol–water partition coefficient (Wildman–Crippen LogP) is 5.01. The predicted molar refractivity (Wildman–Crippen MR) is 107 cm³/mol. The molecule has 0 fully saturated rings. The Morgan fingerprint density at radius 1 is 1.16 bits per heavy atom. The lowest BCUT2D eigenvalue weighted by molar-refractivity contribution is 0.102. The molecule has 0 aliphatic rings.